The zero-order valence-electron chi connectivity index (χ0n) is 17.6. The number of aromatic nitrogens is 1. The zero-order chi connectivity index (χ0) is 21.6. The number of halogens is 1. The van der Waals surface area contributed by atoms with E-state index in [9.17, 15) is 4.79 Å². The molecule has 1 aliphatic rings. The lowest BCUT2D eigenvalue weighted by atomic mass is 10.2. The zero-order valence-corrected chi connectivity index (χ0v) is 19.9. The van der Waals surface area contributed by atoms with E-state index < -0.39 is 0 Å². The molecule has 0 saturated carbocycles. The lowest BCUT2D eigenvalue weighted by Gasteiger charge is -2.34. The summed E-state index contributed by atoms with van der Waals surface area (Å²) in [5.41, 5.74) is 0.932. The van der Waals surface area contributed by atoms with E-state index in [1.807, 2.05) is 48.2 Å². The van der Waals surface area contributed by atoms with Gasteiger partial charge in [0.2, 0.25) is 5.91 Å². The normalized spacial score (nSPS) is 14.3. The first-order valence-corrected chi connectivity index (χ1v) is 12.8. The van der Waals surface area contributed by atoms with Crippen molar-refractivity contribution in [2.75, 3.05) is 43.4 Å². The van der Waals surface area contributed by atoms with Crippen LogP contribution < -0.4 is 9.64 Å². The van der Waals surface area contributed by atoms with Crippen LogP contribution in [0.1, 0.15) is 19.8 Å². The number of thioether (sulfide) groups is 1. The average molecular weight is 476 g/mol. The van der Waals surface area contributed by atoms with Crippen molar-refractivity contribution in [3.05, 3.63) is 47.5 Å². The van der Waals surface area contributed by atoms with Gasteiger partial charge in [-0.1, -0.05) is 29.0 Å². The summed E-state index contributed by atoms with van der Waals surface area (Å²) in [5, 5.41) is 1.76. The van der Waals surface area contributed by atoms with Crippen molar-refractivity contribution in [1.82, 2.24) is 9.88 Å². The molecular weight excluding hydrogens is 450 g/mol. The van der Waals surface area contributed by atoms with Crippen molar-refractivity contribution in [1.29, 1.82) is 0 Å². The highest BCUT2D eigenvalue weighted by Crippen LogP contribution is 2.34. The number of nitrogens with zero attached hydrogens (tertiary/aromatic N) is 3. The Kier molecular flexibility index (Phi) is 7.58. The van der Waals surface area contributed by atoms with Crippen molar-refractivity contribution < 1.29 is 9.53 Å². The number of hydrogen-bond donors (Lipinski definition) is 0. The Hall–Kier alpha value is -1.96. The summed E-state index contributed by atoms with van der Waals surface area (Å²) in [7, 11) is 0. The average Bonchev–Trinajstić information content (AvgIpc) is 3.23. The number of carbonyl (C=O) groups is 1. The molecule has 3 aromatic rings. The van der Waals surface area contributed by atoms with Crippen LogP contribution in [0.2, 0.25) is 5.02 Å². The smallest absolute Gasteiger partial charge is 0.222 e. The first kappa shape index (κ1) is 22.2. The Morgan fingerprint density at radius 3 is 2.68 bits per heavy atom. The Labute approximate surface area is 196 Å². The maximum atomic E-state index is 12.6. The van der Waals surface area contributed by atoms with Gasteiger partial charge in [0.25, 0.3) is 0 Å². The van der Waals surface area contributed by atoms with E-state index in [-0.39, 0.29) is 5.91 Å². The van der Waals surface area contributed by atoms with Crippen molar-refractivity contribution in [3.63, 3.8) is 0 Å². The van der Waals surface area contributed by atoms with E-state index in [1.165, 1.54) is 4.90 Å². The Morgan fingerprint density at radius 2 is 1.94 bits per heavy atom. The summed E-state index contributed by atoms with van der Waals surface area (Å²) in [6.45, 7) is 5.74. The van der Waals surface area contributed by atoms with E-state index in [2.05, 4.69) is 11.0 Å². The topological polar surface area (TPSA) is 45.7 Å². The quantitative estimate of drug-likeness (QED) is 0.315. The standard InChI is InChI=1S/C23H26ClN3O2S2/c1-2-29-19-5-3-6-20-22(19)25-23(31-20)27-14-12-26(13-15-27)21(28)7-4-16-30-18-10-8-17(24)9-11-18/h3,5-6,8-11H,2,4,7,12-16H2,1H3. The minimum Gasteiger partial charge on any atom is -0.492 e. The van der Waals surface area contributed by atoms with E-state index in [4.69, 9.17) is 21.3 Å². The van der Waals surface area contributed by atoms with E-state index in [0.717, 1.165) is 64.5 Å². The van der Waals surface area contributed by atoms with Crippen molar-refractivity contribution in [2.45, 2.75) is 24.7 Å². The number of ether oxygens (including phenoxy) is 1. The molecule has 5 nitrogen and oxygen atoms in total. The largest absolute Gasteiger partial charge is 0.492 e. The van der Waals surface area contributed by atoms with Crippen LogP contribution >= 0.6 is 34.7 Å². The van der Waals surface area contributed by atoms with Gasteiger partial charge in [0.1, 0.15) is 11.3 Å². The number of amides is 1. The fraction of sp³-hybridized carbons (Fsp3) is 0.391. The highest BCUT2D eigenvalue weighted by molar-refractivity contribution is 7.99. The maximum Gasteiger partial charge on any atom is 0.222 e. The summed E-state index contributed by atoms with van der Waals surface area (Å²) >= 11 is 9.37. The number of rotatable bonds is 8. The number of benzene rings is 2. The molecule has 1 amide bonds. The molecule has 1 saturated heterocycles. The molecule has 0 N–H and O–H groups in total. The van der Waals surface area contributed by atoms with Gasteiger partial charge < -0.3 is 14.5 Å². The molecule has 0 spiro atoms. The van der Waals surface area contributed by atoms with Gasteiger partial charge in [0.15, 0.2) is 5.13 Å². The van der Waals surface area contributed by atoms with Gasteiger partial charge >= 0.3 is 0 Å². The second-order valence-corrected chi connectivity index (χ2v) is 9.92. The molecule has 0 unspecified atom stereocenters. The van der Waals surface area contributed by atoms with Crippen LogP contribution in [-0.4, -0.2) is 54.3 Å². The summed E-state index contributed by atoms with van der Waals surface area (Å²) in [5.74, 6) is 2.02. The summed E-state index contributed by atoms with van der Waals surface area (Å²) in [6.07, 6.45) is 1.48. The molecule has 31 heavy (non-hydrogen) atoms. The van der Waals surface area contributed by atoms with Gasteiger partial charge in [0, 0.05) is 42.5 Å². The first-order valence-electron chi connectivity index (χ1n) is 10.6. The van der Waals surface area contributed by atoms with Crippen LogP contribution in [0.25, 0.3) is 10.2 Å². The molecule has 1 fully saturated rings. The highest BCUT2D eigenvalue weighted by atomic mass is 35.5. The van der Waals surface area contributed by atoms with E-state index in [0.29, 0.717) is 13.0 Å². The predicted octanol–water partition coefficient (Wildman–Crippen LogP) is 5.57. The number of piperazine rings is 1. The molecule has 1 aromatic heterocycles. The number of anilines is 1. The third-order valence-corrected chi connectivity index (χ3v) is 7.62. The lowest BCUT2D eigenvalue weighted by molar-refractivity contribution is -0.131. The summed E-state index contributed by atoms with van der Waals surface area (Å²) < 4.78 is 6.85. The van der Waals surface area contributed by atoms with Gasteiger partial charge in [-0.15, -0.1) is 11.8 Å². The Bertz CT molecular complexity index is 1020. The fourth-order valence-corrected chi connectivity index (χ4v) is 5.58. The molecule has 4 rings (SSSR count). The molecule has 164 valence electrons. The molecule has 0 bridgehead atoms. The molecule has 0 radical (unpaired) electrons. The van der Waals surface area contributed by atoms with Gasteiger partial charge in [0.05, 0.1) is 11.3 Å². The number of hydrogen-bond acceptors (Lipinski definition) is 6. The number of carbonyl (C=O) groups excluding carboxylic acids is 1. The molecular formula is C23H26ClN3O2S2. The fourth-order valence-electron chi connectivity index (χ4n) is 3.57. The van der Waals surface area contributed by atoms with E-state index in [1.54, 1.807) is 23.1 Å². The Morgan fingerprint density at radius 1 is 1.16 bits per heavy atom. The third-order valence-electron chi connectivity index (χ3n) is 5.19. The molecule has 0 aliphatic carbocycles. The molecule has 8 heteroatoms. The van der Waals surface area contributed by atoms with Crippen LogP contribution in [0.5, 0.6) is 5.75 Å². The van der Waals surface area contributed by atoms with Crippen LogP contribution in [-0.2, 0) is 4.79 Å². The summed E-state index contributed by atoms with van der Waals surface area (Å²) in [6, 6.07) is 13.9. The third kappa shape index (κ3) is 5.64. The SMILES string of the molecule is CCOc1cccc2sc(N3CCN(C(=O)CCCSc4ccc(Cl)cc4)CC3)nc12. The monoisotopic (exact) mass is 475 g/mol. The number of fused-ring (bicyclic) bond motifs is 1. The van der Waals surface area contributed by atoms with Gasteiger partial charge in [-0.2, -0.15) is 0 Å². The van der Waals surface area contributed by atoms with E-state index >= 15 is 0 Å². The van der Waals surface area contributed by atoms with Crippen molar-refractivity contribution >= 4 is 56.0 Å². The van der Waals surface area contributed by atoms with Gasteiger partial charge in [-0.25, -0.2) is 4.98 Å². The van der Waals surface area contributed by atoms with Crippen LogP contribution in [0.3, 0.4) is 0 Å². The van der Waals surface area contributed by atoms with Crippen molar-refractivity contribution in [2.24, 2.45) is 0 Å². The molecule has 2 heterocycles. The number of para-hydroxylation sites is 1. The highest BCUT2D eigenvalue weighted by Gasteiger charge is 2.23. The minimum absolute atomic E-state index is 0.249. The minimum atomic E-state index is 0.249. The Balaban J connectivity index is 1.24. The van der Waals surface area contributed by atoms with Crippen LogP contribution in [0.15, 0.2) is 47.4 Å². The van der Waals surface area contributed by atoms with Gasteiger partial charge in [-0.3, -0.25) is 4.79 Å². The maximum absolute atomic E-state index is 12.6. The second-order valence-electron chi connectivity index (χ2n) is 7.31. The lowest BCUT2D eigenvalue weighted by Crippen LogP contribution is -2.48. The first-order chi connectivity index (χ1) is 15.1. The predicted molar refractivity (Wildman–Crippen MR) is 131 cm³/mol. The molecule has 2 aromatic carbocycles. The van der Waals surface area contributed by atoms with Gasteiger partial charge in [-0.05, 0) is 55.5 Å². The molecule has 0 atom stereocenters. The molecule has 1 aliphatic heterocycles. The van der Waals surface area contributed by atoms with Crippen LogP contribution in [0, 0.1) is 0 Å². The van der Waals surface area contributed by atoms with Crippen molar-refractivity contribution in [3.8, 4) is 5.75 Å². The number of thiazole rings is 1. The van der Waals surface area contributed by atoms with Crippen LogP contribution in [0.4, 0.5) is 5.13 Å². The summed E-state index contributed by atoms with van der Waals surface area (Å²) in [4.78, 5) is 22.9. The second kappa shape index (κ2) is 10.6.